The summed E-state index contributed by atoms with van der Waals surface area (Å²) in [6, 6.07) is 3.83. The number of esters is 1. The van der Waals surface area contributed by atoms with Crippen molar-refractivity contribution in [3.05, 3.63) is 26.6 Å². The van der Waals surface area contributed by atoms with Crippen molar-refractivity contribution in [3.63, 3.8) is 0 Å². The van der Waals surface area contributed by atoms with Gasteiger partial charge in [-0.1, -0.05) is 0 Å². The van der Waals surface area contributed by atoms with E-state index in [9.17, 15) is 9.59 Å². The molecule has 0 saturated heterocycles. The van der Waals surface area contributed by atoms with E-state index < -0.39 is 0 Å². The number of carbonyl (C=O) groups excluding carboxylic acids is 2. The Labute approximate surface area is 147 Å². The molecule has 0 radical (unpaired) electrons. The summed E-state index contributed by atoms with van der Waals surface area (Å²) in [5, 5.41) is 2.70. The minimum atomic E-state index is -0.250. The number of amides is 1. The summed E-state index contributed by atoms with van der Waals surface area (Å²) in [4.78, 5) is 22.8. The lowest BCUT2D eigenvalue weighted by Crippen LogP contribution is -2.30. The average Bonchev–Trinajstić information content (AvgIpc) is 2.42. The quantitative estimate of drug-likeness (QED) is 0.501. The van der Waals surface area contributed by atoms with E-state index in [0.717, 1.165) is 14.5 Å². The first kappa shape index (κ1) is 19.0. The van der Waals surface area contributed by atoms with Crippen LogP contribution in [0.3, 0.4) is 0 Å². The maximum absolute atomic E-state index is 11.7. The molecule has 0 saturated carbocycles. The molecular formula is C15H19Br2NO4. The number of nitrogens with one attached hydrogen (secondary N) is 1. The van der Waals surface area contributed by atoms with Crippen LogP contribution in [0.25, 0.3) is 0 Å². The van der Waals surface area contributed by atoms with Crippen LogP contribution in [0.1, 0.15) is 25.3 Å². The van der Waals surface area contributed by atoms with Crippen LogP contribution in [0.4, 0.5) is 0 Å². The molecule has 1 N–H and O–H groups in total. The van der Waals surface area contributed by atoms with Crippen molar-refractivity contribution in [2.75, 3.05) is 19.8 Å². The standard InChI is InChI=1S/C15H19Br2NO4/c1-3-21-14(20)5-4-6-18-13(19)9-22-15-11(16)7-10(2)8-12(15)17/h7-8H,3-6,9H2,1-2H3,(H,18,19). The highest BCUT2D eigenvalue weighted by Gasteiger charge is 2.10. The predicted molar refractivity (Wildman–Crippen MR) is 91.0 cm³/mol. The summed E-state index contributed by atoms with van der Waals surface area (Å²) in [6.07, 6.45) is 0.840. The fourth-order valence-electron chi connectivity index (χ4n) is 1.71. The lowest BCUT2D eigenvalue weighted by Gasteiger charge is -2.11. The molecule has 0 aliphatic rings. The van der Waals surface area contributed by atoms with Gasteiger partial charge in [-0.2, -0.15) is 0 Å². The van der Waals surface area contributed by atoms with Gasteiger partial charge < -0.3 is 14.8 Å². The molecule has 0 unspecified atom stereocenters. The number of halogens is 2. The van der Waals surface area contributed by atoms with Gasteiger partial charge in [0.1, 0.15) is 5.75 Å². The van der Waals surface area contributed by atoms with Crippen LogP contribution in [0.2, 0.25) is 0 Å². The monoisotopic (exact) mass is 435 g/mol. The van der Waals surface area contributed by atoms with Crippen LogP contribution in [-0.4, -0.2) is 31.6 Å². The number of hydrogen-bond donors (Lipinski definition) is 1. The van der Waals surface area contributed by atoms with Crippen molar-refractivity contribution in [2.45, 2.75) is 26.7 Å². The van der Waals surface area contributed by atoms with Crippen LogP contribution < -0.4 is 10.1 Å². The predicted octanol–water partition coefficient (Wildman–Crippen LogP) is 3.36. The Hall–Kier alpha value is -1.08. The molecule has 0 atom stereocenters. The Balaban J connectivity index is 2.31. The molecule has 0 bridgehead atoms. The molecule has 1 aromatic rings. The Morgan fingerprint density at radius 1 is 1.23 bits per heavy atom. The summed E-state index contributed by atoms with van der Waals surface area (Å²) in [6.45, 7) is 4.43. The van der Waals surface area contributed by atoms with Crippen molar-refractivity contribution >= 4 is 43.7 Å². The topological polar surface area (TPSA) is 64.6 Å². The minimum Gasteiger partial charge on any atom is -0.481 e. The van der Waals surface area contributed by atoms with Crippen LogP contribution in [0.15, 0.2) is 21.1 Å². The van der Waals surface area contributed by atoms with Gasteiger partial charge in [0.2, 0.25) is 0 Å². The molecule has 0 heterocycles. The van der Waals surface area contributed by atoms with Crippen molar-refractivity contribution in [1.82, 2.24) is 5.32 Å². The van der Waals surface area contributed by atoms with E-state index in [1.165, 1.54) is 0 Å². The lowest BCUT2D eigenvalue weighted by atomic mass is 10.2. The highest BCUT2D eigenvalue weighted by Crippen LogP contribution is 2.34. The van der Waals surface area contributed by atoms with Gasteiger partial charge in [0.15, 0.2) is 6.61 Å². The maximum Gasteiger partial charge on any atom is 0.305 e. The van der Waals surface area contributed by atoms with Gasteiger partial charge in [-0.05, 0) is 69.8 Å². The highest BCUT2D eigenvalue weighted by molar-refractivity contribution is 9.11. The Bertz CT molecular complexity index is 511. The van der Waals surface area contributed by atoms with E-state index in [1.54, 1.807) is 6.92 Å². The van der Waals surface area contributed by atoms with Gasteiger partial charge in [-0.15, -0.1) is 0 Å². The molecule has 0 spiro atoms. The van der Waals surface area contributed by atoms with Gasteiger partial charge in [0.05, 0.1) is 15.6 Å². The second kappa shape index (κ2) is 9.84. The third-order valence-electron chi connectivity index (χ3n) is 2.68. The number of hydrogen-bond acceptors (Lipinski definition) is 4. The smallest absolute Gasteiger partial charge is 0.305 e. The molecular weight excluding hydrogens is 418 g/mol. The molecule has 122 valence electrons. The Kier molecular flexibility index (Phi) is 8.48. The third-order valence-corrected chi connectivity index (χ3v) is 3.85. The zero-order chi connectivity index (χ0) is 16.5. The second-order valence-corrected chi connectivity index (χ2v) is 6.31. The number of ether oxygens (including phenoxy) is 2. The summed E-state index contributed by atoms with van der Waals surface area (Å²) in [5.74, 6) is 0.107. The first-order valence-corrected chi connectivity index (χ1v) is 8.53. The van der Waals surface area contributed by atoms with E-state index in [2.05, 4.69) is 37.2 Å². The highest BCUT2D eigenvalue weighted by atomic mass is 79.9. The number of carbonyl (C=O) groups is 2. The number of rotatable bonds is 8. The fourth-order valence-corrected chi connectivity index (χ4v) is 3.35. The van der Waals surface area contributed by atoms with E-state index >= 15 is 0 Å². The first-order valence-electron chi connectivity index (χ1n) is 6.94. The number of aryl methyl sites for hydroxylation is 1. The lowest BCUT2D eigenvalue weighted by molar-refractivity contribution is -0.143. The number of benzene rings is 1. The van der Waals surface area contributed by atoms with E-state index in [4.69, 9.17) is 9.47 Å². The van der Waals surface area contributed by atoms with Crippen LogP contribution in [0.5, 0.6) is 5.75 Å². The summed E-state index contributed by atoms with van der Waals surface area (Å²) in [7, 11) is 0. The van der Waals surface area contributed by atoms with Crippen LogP contribution in [-0.2, 0) is 14.3 Å². The van der Waals surface area contributed by atoms with Crippen molar-refractivity contribution in [1.29, 1.82) is 0 Å². The average molecular weight is 437 g/mol. The van der Waals surface area contributed by atoms with Gasteiger partial charge in [-0.3, -0.25) is 9.59 Å². The summed E-state index contributed by atoms with van der Waals surface area (Å²) in [5.41, 5.74) is 1.08. The van der Waals surface area contributed by atoms with Gasteiger partial charge in [0.25, 0.3) is 5.91 Å². The van der Waals surface area contributed by atoms with Crippen molar-refractivity contribution in [2.24, 2.45) is 0 Å². The molecule has 1 rings (SSSR count). The minimum absolute atomic E-state index is 0.0837. The molecule has 0 fully saturated rings. The molecule has 0 aliphatic heterocycles. The van der Waals surface area contributed by atoms with Crippen molar-refractivity contribution in [3.8, 4) is 5.75 Å². The SMILES string of the molecule is CCOC(=O)CCCNC(=O)COc1c(Br)cc(C)cc1Br. The zero-order valence-corrected chi connectivity index (χ0v) is 15.8. The second-order valence-electron chi connectivity index (χ2n) is 4.60. The largest absolute Gasteiger partial charge is 0.481 e. The third kappa shape index (κ3) is 6.79. The van der Waals surface area contributed by atoms with Gasteiger partial charge in [0, 0.05) is 13.0 Å². The van der Waals surface area contributed by atoms with Gasteiger partial charge in [-0.25, -0.2) is 0 Å². The normalized spacial score (nSPS) is 10.2. The van der Waals surface area contributed by atoms with E-state index in [-0.39, 0.29) is 18.5 Å². The molecule has 1 aromatic carbocycles. The molecule has 0 aliphatic carbocycles. The molecule has 22 heavy (non-hydrogen) atoms. The molecule has 7 heteroatoms. The summed E-state index contributed by atoms with van der Waals surface area (Å²) >= 11 is 6.81. The van der Waals surface area contributed by atoms with Crippen LogP contribution in [0, 0.1) is 6.92 Å². The van der Waals surface area contributed by atoms with Crippen LogP contribution >= 0.6 is 31.9 Å². The molecule has 0 aromatic heterocycles. The molecule has 5 nitrogen and oxygen atoms in total. The van der Waals surface area contributed by atoms with Crippen molar-refractivity contribution < 1.29 is 19.1 Å². The van der Waals surface area contributed by atoms with E-state index in [0.29, 0.717) is 31.7 Å². The fraction of sp³-hybridized carbons (Fsp3) is 0.467. The zero-order valence-electron chi connectivity index (χ0n) is 12.6. The Morgan fingerprint density at radius 3 is 2.45 bits per heavy atom. The van der Waals surface area contributed by atoms with E-state index in [1.807, 2.05) is 19.1 Å². The maximum atomic E-state index is 11.7. The molecule has 1 amide bonds. The first-order chi connectivity index (χ1) is 10.4. The summed E-state index contributed by atoms with van der Waals surface area (Å²) < 4.78 is 11.9. The Morgan fingerprint density at radius 2 is 1.86 bits per heavy atom. The van der Waals surface area contributed by atoms with Gasteiger partial charge >= 0.3 is 5.97 Å².